The van der Waals surface area contributed by atoms with E-state index in [0.29, 0.717) is 12.2 Å². The molecule has 1 rings (SSSR count). The molecule has 1 aromatic rings. The van der Waals surface area contributed by atoms with Gasteiger partial charge in [-0.05, 0) is 32.4 Å². The number of carbonyl (C=O) groups excluding carboxylic acids is 2. The second-order valence-electron chi connectivity index (χ2n) is 6.23. The van der Waals surface area contributed by atoms with Gasteiger partial charge >= 0.3 is 11.9 Å². The van der Waals surface area contributed by atoms with E-state index in [1.54, 1.807) is 26.0 Å². The highest BCUT2D eigenvalue weighted by Crippen LogP contribution is 2.25. The molecule has 26 heavy (non-hydrogen) atoms. The van der Waals surface area contributed by atoms with Gasteiger partial charge < -0.3 is 14.4 Å². The zero-order chi connectivity index (χ0) is 19.6. The Morgan fingerprint density at radius 1 is 0.923 bits per heavy atom. The van der Waals surface area contributed by atoms with Crippen LogP contribution in [0, 0.1) is 5.41 Å². The van der Waals surface area contributed by atoms with Gasteiger partial charge in [0.1, 0.15) is 19.8 Å². The van der Waals surface area contributed by atoms with E-state index in [1.807, 2.05) is 25.1 Å². The highest BCUT2D eigenvalue weighted by atomic mass is 17.2. The number of benzene rings is 1. The lowest BCUT2D eigenvalue weighted by molar-refractivity contribution is -0.240. The average molecular weight is 362 g/mol. The molecule has 0 unspecified atom stereocenters. The Morgan fingerprint density at radius 2 is 1.42 bits per heavy atom. The van der Waals surface area contributed by atoms with Crippen LogP contribution in [0.15, 0.2) is 54.6 Å². The normalized spacial score (nSPS) is 10.7. The number of hydrogen-bond acceptors (Lipinski definition) is 6. The molecule has 0 amide bonds. The van der Waals surface area contributed by atoms with E-state index in [9.17, 15) is 9.59 Å². The molecule has 6 heteroatoms. The molecule has 0 aliphatic rings. The minimum atomic E-state index is -0.759. The summed E-state index contributed by atoms with van der Waals surface area (Å²) in [6, 6.07) is 8.98. The van der Waals surface area contributed by atoms with Crippen LogP contribution in [0.5, 0.6) is 5.75 Å². The van der Waals surface area contributed by atoms with Crippen molar-refractivity contribution in [3.8, 4) is 5.75 Å². The fourth-order valence-electron chi connectivity index (χ4n) is 1.81. The molecule has 142 valence electrons. The van der Waals surface area contributed by atoms with E-state index in [2.05, 4.69) is 13.2 Å². The molecule has 0 spiro atoms. The van der Waals surface area contributed by atoms with Crippen LogP contribution in [-0.2, 0) is 24.0 Å². The Hall–Kier alpha value is -2.60. The van der Waals surface area contributed by atoms with Crippen molar-refractivity contribution in [3.63, 3.8) is 0 Å². The lowest BCUT2D eigenvalue weighted by Gasteiger charge is -2.30. The molecule has 0 bridgehead atoms. The molecule has 0 fully saturated rings. The Morgan fingerprint density at radius 3 is 1.85 bits per heavy atom. The standard InChI is InChI=1S/C20H26O6/c1-6-20(12-23-18(21)15(2)3,13-24-19(22)16(4)5)14-25-26-17-10-8-7-9-11-17/h7-11H,2,4,6,12-14H2,1,3,5H3. The summed E-state index contributed by atoms with van der Waals surface area (Å²) in [4.78, 5) is 34.1. The molecule has 0 atom stereocenters. The van der Waals surface area contributed by atoms with Gasteiger partial charge in [-0.25, -0.2) is 9.59 Å². The Balaban J connectivity index is 2.75. The number of rotatable bonds is 11. The van der Waals surface area contributed by atoms with Gasteiger partial charge in [-0.1, -0.05) is 38.3 Å². The number of ether oxygens (including phenoxy) is 2. The predicted octanol–water partition coefficient (Wildman–Crippen LogP) is 3.63. The molecular weight excluding hydrogens is 336 g/mol. The van der Waals surface area contributed by atoms with E-state index in [0.717, 1.165) is 0 Å². The predicted molar refractivity (Wildman–Crippen MR) is 97.3 cm³/mol. The number of hydrogen-bond donors (Lipinski definition) is 0. The second-order valence-corrected chi connectivity index (χ2v) is 6.23. The van der Waals surface area contributed by atoms with Crippen molar-refractivity contribution in [2.75, 3.05) is 19.8 Å². The van der Waals surface area contributed by atoms with E-state index in [4.69, 9.17) is 19.2 Å². The van der Waals surface area contributed by atoms with E-state index < -0.39 is 17.4 Å². The van der Waals surface area contributed by atoms with E-state index in [1.165, 1.54) is 0 Å². The van der Waals surface area contributed by atoms with E-state index >= 15 is 0 Å². The lowest BCUT2D eigenvalue weighted by atomic mass is 9.88. The van der Waals surface area contributed by atoms with Crippen LogP contribution in [0.25, 0.3) is 0 Å². The highest BCUT2D eigenvalue weighted by molar-refractivity contribution is 5.87. The summed E-state index contributed by atoms with van der Waals surface area (Å²) in [5.74, 6) is -0.494. The quantitative estimate of drug-likeness (QED) is 0.259. The van der Waals surface area contributed by atoms with Gasteiger partial charge in [-0.3, -0.25) is 0 Å². The summed E-state index contributed by atoms with van der Waals surface area (Å²) < 4.78 is 10.5. The number of carbonyl (C=O) groups is 2. The van der Waals surface area contributed by atoms with Crippen molar-refractivity contribution in [3.05, 3.63) is 54.6 Å². The molecule has 0 aliphatic heterocycles. The number of esters is 2. The van der Waals surface area contributed by atoms with Gasteiger partial charge in [0, 0.05) is 11.1 Å². The zero-order valence-electron chi connectivity index (χ0n) is 15.6. The first-order valence-corrected chi connectivity index (χ1v) is 8.29. The van der Waals surface area contributed by atoms with Gasteiger partial charge in [-0.2, -0.15) is 4.89 Å². The SMILES string of the molecule is C=C(C)C(=O)OCC(CC)(COOc1ccccc1)COC(=O)C(=C)C. The monoisotopic (exact) mass is 362 g/mol. The Kier molecular flexibility index (Phi) is 8.58. The number of para-hydroxylation sites is 1. The second kappa shape index (κ2) is 10.4. The van der Waals surface area contributed by atoms with Crippen molar-refractivity contribution in [1.82, 2.24) is 0 Å². The largest absolute Gasteiger partial charge is 0.462 e. The van der Waals surface area contributed by atoms with Crippen LogP contribution in [0.1, 0.15) is 27.2 Å². The zero-order valence-corrected chi connectivity index (χ0v) is 15.6. The van der Waals surface area contributed by atoms with Crippen LogP contribution in [0.3, 0.4) is 0 Å². The lowest BCUT2D eigenvalue weighted by Crippen LogP contribution is -2.39. The van der Waals surface area contributed by atoms with Gasteiger partial charge in [0.25, 0.3) is 0 Å². The van der Waals surface area contributed by atoms with Crippen LogP contribution >= 0.6 is 0 Å². The van der Waals surface area contributed by atoms with E-state index in [-0.39, 0.29) is 31.0 Å². The van der Waals surface area contributed by atoms with Gasteiger partial charge in [0.2, 0.25) is 0 Å². The van der Waals surface area contributed by atoms with Gasteiger partial charge in [0.15, 0.2) is 5.75 Å². The van der Waals surface area contributed by atoms with Crippen LogP contribution in [-0.4, -0.2) is 31.8 Å². The molecule has 1 aromatic carbocycles. The Bertz CT molecular complexity index is 605. The summed E-state index contributed by atoms with van der Waals surface area (Å²) in [7, 11) is 0. The van der Waals surface area contributed by atoms with Crippen LogP contribution < -0.4 is 4.89 Å². The molecule has 0 saturated heterocycles. The third-order valence-corrected chi connectivity index (χ3v) is 3.73. The maximum Gasteiger partial charge on any atom is 0.333 e. The minimum Gasteiger partial charge on any atom is -0.462 e. The van der Waals surface area contributed by atoms with Crippen molar-refractivity contribution >= 4 is 11.9 Å². The van der Waals surface area contributed by atoms with Crippen molar-refractivity contribution in [1.29, 1.82) is 0 Å². The highest BCUT2D eigenvalue weighted by Gasteiger charge is 2.34. The topological polar surface area (TPSA) is 71.1 Å². The molecule has 0 aliphatic carbocycles. The minimum absolute atomic E-state index is 0.00316. The maximum absolute atomic E-state index is 11.7. The van der Waals surface area contributed by atoms with Crippen molar-refractivity contribution in [2.24, 2.45) is 5.41 Å². The van der Waals surface area contributed by atoms with Crippen molar-refractivity contribution < 1.29 is 28.8 Å². The average Bonchev–Trinajstić information content (AvgIpc) is 2.63. The van der Waals surface area contributed by atoms with Crippen LogP contribution in [0.4, 0.5) is 0 Å². The molecule has 0 saturated carbocycles. The molecular formula is C20H26O6. The molecule has 0 radical (unpaired) electrons. The maximum atomic E-state index is 11.7. The summed E-state index contributed by atoms with van der Waals surface area (Å²) in [5.41, 5.74) is -0.184. The first-order chi connectivity index (χ1) is 12.3. The van der Waals surface area contributed by atoms with Gasteiger partial charge in [-0.15, -0.1) is 0 Å². The molecule has 6 nitrogen and oxygen atoms in total. The first-order valence-electron chi connectivity index (χ1n) is 8.29. The Labute approximate surface area is 154 Å². The summed E-state index contributed by atoms with van der Waals surface area (Å²) in [6.07, 6.45) is 0.526. The summed E-state index contributed by atoms with van der Waals surface area (Å²) in [5, 5.41) is 0. The van der Waals surface area contributed by atoms with Crippen molar-refractivity contribution in [2.45, 2.75) is 27.2 Å². The molecule has 0 aromatic heterocycles. The third kappa shape index (κ3) is 7.11. The smallest absolute Gasteiger partial charge is 0.333 e. The molecule has 0 N–H and O–H groups in total. The first kappa shape index (κ1) is 21.4. The fourth-order valence-corrected chi connectivity index (χ4v) is 1.81. The van der Waals surface area contributed by atoms with Gasteiger partial charge in [0.05, 0.1) is 5.41 Å². The summed E-state index contributed by atoms with van der Waals surface area (Å²) in [6.45, 7) is 12.2. The third-order valence-electron chi connectivity index (χ3n) is 3.73. The molecule has 0 heterocycles. The van der Waals surface area contributed by atoms with Crippen LogP contribution in [0.2, 0.25) is 0 Å². The fraction of sp³-hybridized carbons (Fsp3) is 0.400. The summed E-state index contributed by atoms with van der Waals surface area (Å²) >= 11 is 0.